The number of carbonyl (C=O) groups is 1. The number of hydrogen-bond acceptors (Lipinski definition) is 6. The smallest absolute Gasteiger partial charge is 0.274 e. The van der Waals surface area contributed by atoms with Gasteiger partial charge in [-0.05, 0) is 19.4 Å². The molecule has 4 rings (SSSR count). The van der Waals surface area contributed by atoms with E-state index in [-0.39, 0.29) is 11.9 Å². The van der Waals surface area contributed by atoms with Crippen LogP contribution < -0.4 is 0 Å². The molecule has 0 aromatic carbocycles. The highest BCUT2D eigenvalue weighted by Crippen LogP contribution is 2.20. The van der Waals surface area contributed by atoms with E-state index < -0.39 is 0 Å². The van der Waals surface area contributed by atoms with Gasteiger partial charge < -0.3 is 9.64 Å². The van der Waals surface area contributed by atoms with Gasteiger partial charge in [0.2, 0.25) is 0 Å². The minimum atomic E-state index is -0.0644. The number of fused-ring (bicyclic) bond motifs is 1. The molecule has 4 heterocycles. The summed E-state index contributed by atoms with van der Waals surface area (Å²) in [5, 5.41) is 4.39. The fourth-order valence-corrected chi connectivity index (χ4v) is 3.59. The van der Waals surface area contributed by atoms with Crippen LogP contribution in [-0.4, -0.2) is 74.3 Å². The van der Waals surface area contributed by atoms with Gasteiger partial charge in [0.15, 0.2) is 0 Å². The predicted octanol–water partition coefficient (Wildman–Crippen LogP) is 0.728. The van der Waals surface area contributed by atoms with E-state index in [9.17, 15) is 4.79 Å². The highest BCUT2D eigenvalue weighted by Gasteiger charge is 2.31. The van der Waals surface area contributed by atoms with Crippen molar-refractivity contribution in [3.63, 3.8) is 0 Å². The van der Waals surface area contributed by atoms with E-state index in [1.165, 1.54) is 0 Å². The molecule has 2 aliphatic rings. The molecule has 0 N–H and O–H groups in total. The zero-order valence-electron chi connectivity index (χ0n) is 15.0. The molecule has 8 heteroatoms. The zero-order chi connectivity index (χ0) is 17.9. The van der Waals surface area contributed by atoms with Crippen LogP contribution in [0.15, 0.2) is 24.7 Å². The van der Waals surface area contributed by atoms with Crippen molar-refractivity contribution in [1.82, 2.24) is 29.5 Å². The number of aromatic nitrogens is 4. The van der Waals surface area contributed by atoms with Gasteiger partial charge in [-0.1, -0.05) is 0 Å². The molecule has 0 aliphatic carbocycles. The Morgan fingerprint density at radius 2 is 2.08 bits per heavy atom. The minimum Gasteiger partial charge on any atom is -0.379 e. The first-order chi connectivity index (χ1) is 12.7. The van der Waals surface area contributed by atoms with Gasteiger partial charge in [-0.15, -0.1) is 0 Å². The van der Waals surface area contributed by atoms with E-state index in [0.717, 1.165) is 57.2 Å². The largest absolute Gasteiger partial charge is 0.379 e. The van der Waals surface area contributed by atoms with Crippen molar-refractivity contribution in [3.05, 3.63) is 41.7 Å². The van der Waals surface area contributed by atoms with Crippen LogP contribution in [0.1, 0.15) is 28.3 Å². The second kappa shape index (κ2) is 7.51. The molecule has 1 atom stereocenters. The number of carbonyl (C=O) groups excluding carboxylic acids is 1. The van der Waals surface area contributed by atoms with E-state index in [2.05, 4.69) is 20.0 Å². The van der Waals surface area contributed by atoms with Crippen LogP contribution in [0.5, 0.6) is 0 Å². The maximum atomic E-state index is 13.2. The molecule has 0 spiro atoms. The average Bonchev–Trinajstić information content (AvgIpc) is 3.04. The van der Waals surface area contributed by atoms with Crippen LogP contribution in [0.25, 0.3) is 0 Å². The molecule has 1 saturated heterocycles. The normalized spacial score (nSPS) is 21.3. The number of morpholine rings is 1. The quantitative estimate of drug-likeness (QED) is 0.807. The molecule has 2 aromatic heterocycles. The monoisotopic (exact) mass is 356 g/mol. The summed E-state index contributed by atoms with van der Waals surface area (Å²) >= 11 is 0. The van der Waals surface area contributed by atoms with Crippen molar-refractivity contribution in [3.8, 4) is 0 Å². The fourth-order valence-electron chi connectivity index (χ4n) is 3.59. The number of nitrogens with zero attached hydrogens (tertiary/aromatic N) is 6. The summed E-state index contributed by atoms with van der Waals surface area (Å²) in [6.07, 6.45) is 5.89. The third kappa shape index (κ3) is 3.61. The number of ether oxygens (including phenoxy) is 1. The Bertz CT molecular complexity index is 753. The van der Waals surface area contributed by atoms with Gasteiger partial charge in [0.1, 0.15) is 5.69 Å². The molecule has 0 saturated carbocycles. The van der Waals surface area contributed by atoms with Crippen LogP contribution >= 0.6 is 0 Å². The van der Waals surface area contributed by atoms with Crippen molar-refractivity contribution in [2.75, 3.05) is 32.8 Å². The molecule has 138 valence electrons. The molecule has 0 bridgehead atoms. The van der Waals surface area contributed by atoms with E-state index in [4.69, 9.17) is 4.74 Å². The second-order valence-electron chi connectivity index (χ2n) is 6.88. The van der Waals surface area contributed by atoms with Gasteiger partial charge in [-0.2, -0.15) is 5.10 Å². The maximum absolute atomic E-state index is 13.2. The van der Waals surface area contributed by atoms with Gasteiger partial charge in [0.25, 0.3) is 5.91 Å². The molecular weight excluding hydrogens is 332 g/mol. The standard InChI is InChI=1S/C18H24N6O2/c1-14-10-20-17(11-19-14)18(25)23-13-16-2-4-21-24(16)5-3-15(23)12-22-6-8-26-9-7-22/h2,4,10-11,15H,3,5-9,12-13H2,1H3/t15-/m0/s1. The Hall–Kier alpha value is -2.32. The molecule has 1 fully saturated rings. The Kier molecular flexibility index (Phi) is 4.94. The minimum absolute atomic E-state index is 0.0644. The topological polar surface area (TPSA) is 76.4 Å². The Labute approximate surface area is 152 Å². The molecule has 26 heavy (non-hydrogen) atoms. The Balaban J connectivity index is 1.58. The number of amides is 1. The SMILES string of the molecule is Cc1cnc(C(=O)N2Cc3ccnn3CC[C@H]2CN2CCOCC2)cn1. The van der Waals surface area contributed by atoms with Gasteiger partial charge in [0.05, 0.1) is 37.3 Å². The second-order valence-corrected chi connectivity index (χ2v) is 6.88. The van der Waals surface area contributed by atoms with Gasteiger partial charge >= 0.3 is 0 Å². The van der Waals surface area contributed by atoms with Crippen LogP contribution in [0, 0.1) is 6.92 Å². The predicted molar refractivity (Wildman–Crippen MR) is 94.5 cm³/mol. The average molecular weight is 356 g/mol. The van der Waals surface area contributed by atoms with E-state index in [0.29, 0.717) is 12.2 Å². The van der Waals surface area contributed by atoms with Crippen molar-refractivity contribution < 1.29 is 9.53 Å². The Morgan fingerprint density at radius 3 is 2.85 bits per heavy atom. The van der Waals surface area contributed by atoms with Gasteiger partial charge in [0, 0.05) is 44.6 Å². The first-order valence-corrected chi connectivity index (χ1v) is 9.11. The van der Waals surface area contributed by atoms with Gasteiger partial charge in [-0.3, -0.25) is 19.4 Å². The lowest BCUT2D eigenvalue weighted by atomic mass is 10.1. The summed E-state index contributed by atoms with van der Waals surface area (Å²) in [5.74, 6) is -0.0644. The van der Waals surface area contributed by atoms with E-state index in [1.54, 1.807) is 18.6 Å². The summed E-state index contributed by atoms with van der Waals surface area (Å²) < 4.78 is 7.45. The molecule has 8 nitrogen and oxygen atoms in total. The lowest BCUT2D eigenvalue weighted by Gasteiger charge is -2.35. The number of aryl methyl sites for hydroxylation is 2. The Morgan fingerprint density at radius 1 is 1.23 bits per heavy atom. The lowest BCUT2D eigenvalue weighted by molar-refractivity contribution is 0.0201. The fraction of sp³-hybridized carbons (Fsp3) is 0.556. The molecule has 0 radical (unpaired) electrons. The molecule has 2 aromatic rings. The zero-order valence-corrected chi connectivity index (χ0v) is 15.0. The summed E-state index contributed by atoms with van der Waals surface area (Å²) in [5.41, 5.74) is 2.26. The summed E-state index contributed by atoms with van der Waals surface area (Å²) in [6.45, 7) is 7.41. The van der Waals surface area contributed by atoms with Crippen molar-refractivity contribution in [2.24, 2.45) is 0 Å². The summed E-state index contributed by atoms with van der Waals surface area (Å²) in [4.78, 5) is 26.1. The first kappa shape index (κ1) is 17.1. The third-order valence-corrected chi connectivity index (χ3v) is 5.09. The molecular formula is C18H24N6O2. The van der Waals surface area contributed by atoms with Crippen molar-refractivity contribution in [2.45, 2.75) is 32.5 Å². The number of hydrogen-bond donors (Lipinski definition) is 0. The van der Waals surface area contributed by atoms with Gasteiger partial charge in [-0.25, -0.2) is 4.98 Å². The first-order valence-electron chi connectivity index (χ1n) is 9.11. The van der Waals surface area contributed by atoms with E-state index >= 15 is 0 Å². The van der Waals surface area contributed by atoms with Crippen LogP contribution in [0.4, 0.5) is 0 Å². The highest BCUT2D eigenvalue weighted by atomic mass is 16.5. The van der Waals surface area contributed by atoms with E-state index in [1.807, 2.05) is 22.6 Å². The summed E-state index contributed by atoms with van der Waals surface area (Å²) in [7, 11) is 0. The van der Waals surface area contributed by atoms with Crippen molar-refractivity contribution >= 4 is 5.91 Å². The maximum Gasteiger partial charge on any atom is 0.274 e. The third-order valence-electron chi connectivity index (χ3n) is 5.09. The van der Waals surface area contributed by atoms with Crippen molar-refractivity contribution in [1.29, 1.82) is 0 Å². The van der Waals surface area contributed by atoms with Crippen LogP contribution in [0.2, 0.25) is 0 Å². The number of rotatable bonds is 3. The lowest BCUT2D eigenvalue weighted by Crippen LogP contribution is -2.49. The molecule has 2 aliphatic heterocycles. The molecule has 1 amide bonds. The summed E-state index contributed by atoms with van der Waals surface area (Å²) in [6, 6.07) is 2.10. The molecule has 0 unspecified atom stereocenters. The van der Waals surface area contributed by atoms with Crippen LogP contribution in [-0.2, 0) is 17.8 Å². The highest BCUT2D eigenvalue weighted by molar-refractivity contribution is 5.92. The van der Waals surface area contributed by atoms with Crippen LogP contribution in [0.3, 0.4) is 0 Å².